The smallest absolute Gasteiger partial charge is 0.229 e. The summed E-state index contributed by atoms with van der Waals surface area (Å²) in [5.41, 5.74) is 1.81. The number of carbonyl (C=O) groups is 1. The molecule has 0 atom stereocenters. The Hall–Kier alpha value is -3.03. The van der Waals surface area contributed by atoms with Crippen molar-refractivity contribution in [3.63, 3.8) is 0 Å². The minimum atomic E-state index is -0.0420. The number of amides is 1. The predicted molar refractivity (Wildman–Crippen MR) is 91.4 cm³/mol. The highest BCUT2D eigenvalue weighted by Gasteiger charge is 2.15. The minimum Gasteiger partial charge on any atom is -0.315 e. The van der Waals surface area contributed by atoms with E-state index in [9.17, 15) is 4.79 Å². The molecule has 25 heavy (non-hydrogen) atoms. The third-order valence-electron chi connectivity index (χ3n) is 4.41. The molecule has 8 nitrogen and oxygen atoms in total. The van der Waals surface area contributed by atoms with E-state index in [1.165, 1.54) is 0 Å². The molecule has 1 amide bonds. The van der Waals surface area contributed by atoms with Gasteiger partial charge >= 0.3 is 0 Å². The van der Waals surface area contributed by atoms with E-state index in [-0.39, 0.29) is 5.91 Å². The van der Waals surface area contributed by atoms with Crippen LogP contribution in [0.15, 0.2) is 30.5 Å². The van der Waals surface area contributed by atoms with Crippen LogP contribution >= 0.6 is 0 Å². The second kappa shape index (κ2) is 6.46. The molecule has 4 rings (SSSR count). The second-order valence-corrected chi connectivity index (χ2v) is 6.20. The molecule has 3 heterocycles. The van der Waals surface area contributed by atoms with Crippen molar-refractivity contribution in [1.82, 2.24) is 29.8 Å². The van der Waals surface area contributed by atoms with Crippen LogP contribution in [0, 0.1) is 6.92 Å². The van der Waals surface area contributed by atoms with Crippen molar-refractivity contribution in [2.45, 2.75) is 39.2 Å². The maximum atomic E-state index is 12.3. The fraction of sp³-hybridized carbons (Fsp3) is 0.353. The first-order valence-corrected chi connectivity index (χ1v) is 8.39. The van der Waals surface area contributed by atoms with Crippen molar-refractivity contribution in [2.75, 3.05) is 5.32 Å². The van der Waals surface area contributed by atoms with Crippen molar-refractivity contribution >= 4 is 11.7 Å². The van der Waals surface area contributed by atoms with Crippen molar-refractivity contribution in [1.29, 1.82) is 0 Å². The molecule has 0 radical (unpaired) electrons. The Morgan fingerprint density at radius 3 is 2.84 bits per heavy atom. The van der Waals surface area contributed by atoms with Crippen LogP contribution in [0.25, 0.3) is 5.69 Å². The van der Waals surface area contributed by atoms with Crippen molar-refractivity contribution in [3.8, 4) is 5.69 Å². The van der Waals surface area contributed by atoms with Gasteiger partial charge in [-0.15, -0.1) is 5.10 Å². The number of carbonyl (C=O) groups excluding carboxylic acids is 1. The third-order valence-corrected chi connectivity index (χ3v) is 4.41. The molecule has 3 aromatic rings. The molecule has 0 saturated heterocycles. The van der Waals surface area contributed by atoms with Gasteiger partial charge in [-0.05, 0) is 47.9 Å². The molecule has 2 aromatic heterocycles. The summed E-state index contributed by atoms with van der Waals surface area (Å²) < 4.78 is 3.76. The van der Waals surface area contributed by atoms with E-state index in [0.29, 0.717) is 6.42 Å². The van der Waals surface area contributed by atoms with Gasteiger partial charge < -0.3 is 9.88 Å². The van der Waals surface area contributed by atoms with E-state index in [0.717, 1.165) is 54.5 Å². The molecular formula is C17H19N7O. The molecular weight excluding hydrogens is 318 g/mol. The highest BCUT2D eigenvalue weighted by atomic mass is 16.1. The molecule has 128 valence electrons. The van der Waals surface area contributed by atoms with Crippen LogP contribution in [-0.4, -0.2) is 35.7 Å². The number of hydrogen-bond acceptors (Lipinski definition) is 5. The normalized spacial score (nSPS) is 13.5. The Balaban J connectivity index is 1.43. The molecule has 0 saturated carbocycles. The molecule has 0 spiro atoms. The highest BCUT2D eigenvalue weighted by molar-refractivity contribution is 5.91. The molecule has 1 N–H and O–H groups in total. The van der Waals surface area contributed by atoms with Crippen LogP contribution in [0.1, 0.15) is 30.1 Å². The predicted octanol–water partition coefficient (Wildman–Crippen LogP) is 1.68. The number of benzene rings is 1. The lowest BCUT2D eigenvalue weighted by Crippen LogP contribution is -2.19. The lowest BCUT2D eigenvalue weighted by atomic mass is 10.1. The zero-order valence-electron chi connectivity index (χ0n) is 14.0. The number of fused-ring (bicyclic) bond motifs is 1. The summed E-state index contributed by atoms with van der Waals surface area (Å²) in [7, 11) is 0. The number of nitrogens with one attached hydrogen (secondary N) is 1. The summed E-state index contributed by atoms with van der Waals surface area (Å²) in [5.74, 6) is 2.53. The standard InChI is InChI=1S/C17H19N7O/c1-12-20-21-22-24(12)14-7-5-13(6-8-14)10-17(25)19-16-11-18-15-4-2-3-9-23(15)16/h5-8,11H,2-4,9-10H2,1H3,(H,19,25). The molecule has 8 heteroatoms. The van der Waals surface area contributed by atoms with Crippen molar-refractivity contribution in [2.24, 2.45) is 0 Å². The SMILES string of the molecule is Cc1nnnn1-c1ccc(CC(=O)Nc2cnc3n2CCCC3)cc1. The number of hydrogen-bond donors (Lipinski definition) is 1. The summed E-state index contributed by atoms with van der Waals surface area (Å²) >= 11 is 0. The Morgan fingerprint density at radius 1 is 1.24 bits per heavy atom. The summed E-state index contributed by atoms with van der Waals surface area (Å²) in [6, 6.07) is 7.66. The van der Waals surface area contributed by atoms with E-state index in [2.05, 4.69) is 30.4 Å². The van der Waals surface area contributed by atoms with E-state index in [1.807, 2.05) is 31.2 Å². The first-order valence-electron chi connectivity index (χ1n) is 8.39. The summed E-state index contributed by atoms with van der Waals surface area (Å²) in [5, 5.41) is 14.4. The number of aryl methyl sites for hydroxylation is 2. The lowest BCUT2D eigenvalue weighted by molar-refractivity contribution is -0.115. The van der Waals surface area contributed by atoms with Crippen LogP contribution in [0.4, 0.5) is 5.82 Å². The number of anilines is 1. The minimum absolute atomic E-state index is 0.0420. The fourth-order valence-corrected chi connectivity index (χ4v) is 3.11. The molecule has 0 fully saturated rings. The van der Waals surface area contributed by atoms with Gasteiger partial charge in [0.15, 0.2) is 5.82 Å². The van der Waals surface area contributed by atoms with Crippen LogP contribution in [-0.2, 0) is 24.2 Å². The van der Waals surface area contributed by atoms with E-state index in [1.54, 1.807) is 10.9 Å². The Labute approximate surface area is 144 Å². The average Bonchev–Trinajstić information content (AvgIpc) is 3.22. The summed E-state index contributed by atoms with van der Waals surface area (Å²) in [6.07, 6.45) is 5.34. The molecule has 0 unspecified atom stereocenters. The van der Waals surface area contributed by atoms with Gasteiger partial charge in [-0.25, -0.2) is 4.98 Å². The van der Waals surface area contributed by atoms with Crippen LogP contribution < -0.4 is 5.32 Å². The van der Waals surface area contributed by atoms with E-state index >= 15 is 0 Å². The average molecular weight is 337 g/mol. The molecule has 1 aliphatic rings. The van der Waals surface area contributed by atoms with E-state index < -0.39 is 0 Å². The Kier molecular flexibility index (Phi) is 4.01. The van der Waals surface area contributed by atoms with Crippen molar-refractivity contribution in [3.05, 3.63) is 47.7 Å². The number of rotatable bonds is 4. The highest BCUT2D eigenvalue weighted by Crippen LogP contribution is 2.19. The second-order valence-electron chi connectivity index (χ2n) is 6.20. The van der Waals surface area contributed by atoms with Crippen LogP contribution in [0.3, 0.4) is 0 Å². The monoisotopic (exact) mass is 337 g/mol. The maximum absolute atomic E-state index is 12.3. The van der Waals surface area contributed by atoms with Crippen molar-refractivity contribution < 1.29 is 4.79 Å². The first-order chi connectivity index (χ1) is 12.2. The number of nitrogens with zero attached hydrogens (tertiary/aromatic N) is 6. The van der Waals surface area contributed by atoms with Gasteiger partial charge in [-0.2, -0.15) is 4.68 Å². The van der Waals surface area contributed by atoms with Crippen LogP contribution in [0.5, 0.6) is 0 Å². The summed E-state index contributed by atoms with van der Waals surface area (Å²) in [6.45, 7) is 2.76. The zero-order chi connectivity index (χ0) is 17.2. The lowest BCUT2D eigenvalue weighted by Gasteiger charge is -2.16. The van der Waals surface area contributed by atoms with Gasteiger partial charge in [0.1, 0.15) is 11.6 Å². The van der Waals surface area contributed by atoms with Gasteiger partial charge in [-0.1, -0.05) is 12.1 Å². The van der Waals surface area contributed by atoms with Gasteiger partial charge in [0.25, 0.3) is 0 Å². The fourth-order valence-electron chi connectivity index (χ4n) is 3.11. The number of imidazole rings is 1. The Bertz CT molecular complexity index is 894. The third kappa shape index (κ3) is 3.15. The largest absolute Gasteiger partial charge is 0.315 e. The topological polar surface area (TPSA) is 90.5 Å². The molecule has 1 aliphatic heterocycles. The number of aromatic nitrogens is 6. The maximum Gasteiger partial charge on any atom is 0.229 e. The van der Waals surface area contributed by atoms with Gasteiger partial charge in [0, 0.05) is 13.0 Å². The van der Waals surface area contributed by atoms with Gasteiger partial charge in [0.2, 0.25) is 5.91 Å². The molecule has 0 aliphatic carbocycles. The summed E-state index contributed by atoms with van der Waals surface area (Å²) in [4.78, 5) is 16.7. The zero-order valence-corrected chi connectivity index (χ0v) is 14.0. The Morgan fingerprint density at radius 2 is 2.08 bits per heavy atom. The van der Waals surface area contributed by atoms with Crippen LogP contribution in [0.2, 0.25) is 0 Å². The van der Waals surface area contributed by atoms with Gasteiger partial charge in [-0.3, -0.25) is 4.79 Å². The van der Waals surface area contributed by atoms with Gasteiger partial charge in [0.05, 0.1) is 18.3 Å². The quantitative estimate of drug-likeness (QED) is 0.782. The molecule has 0 bridgehead atoms. The molecule has 1 aromatic carbocycles. The number of tetrazole rings is 1. The first kappa shape index (κ1) is 15.5. The van der Waals surface area contributed by atoms with E-state index in [4.69, 9.17) is 0 Å².